The average molecular weight is 414 g/mol. The minimum absolute atomic E-state index is 0.127. The van der Waals surface area contributed by atoms with Gasteiger partial charge in [0.2, 0.25) is 5.91 Å². The summed E-state index contributed by atoms with van der Waals surface area (Å²) >= 11 is 0. The minimum Gasteiger partial charge on any atom is -0.378 e. The largest absolute Gasteiger partial charge is 0.378 e. The van der Waals surface area contributed by atoms with E-state index in [1.54, 1.807) is 0 Å². The fraction of sp³-hybridized carbons (Fsp3) is 0.960. The first kappa shape index (κ1) is 28.4. The molecule has 0 radical (unpaired) electrons. The SMILES string of the molecule is CCCCOC(C)(C)CCOC(C)CCNC(=O)C(C)(C)CC(C)(C)CC(C)C. The fourth-order valence-corrected chi connectivity index (χ4v) is 4.24. The van der Waals surface area contributed by atoms with Crippen molar-refractivity contribution in [3.05, 3.63) is 0 Å². The van der Waals surface area contributed by atoms with Crippen molar-refractivity contribution in [3.8, 4) is 0 Å². The van der Waals surface area contributed by atoms with Crippen LogP contribution < -0.4 is 5.32 Å². The van der Waals surface area contributed by atoms with Crippen molar-refractivity contribution >= 4 is 5.91 Å². The molecule has 174 valence electrons. The number of hydrogen-bond donors (Lipinski definition) is 1. The van der Waals surface area contributed by atoms with Crippen LogP contribution in [0.25, 0.3) is 0 Å². The Morgan fingerprint density at radius 1 is 1.00 bits per heavy atom. The summed E-state index contributed by atoms with van der Waals surface area (Å²) in [6.45, 7) is 23.8. The highest BCUT2D eigenvalue weighted by Crippen LogP contribution is 2.38. The molecule has 0 fully saturated rings. The summed E-state index contributed by atoms with van der Waals surface area (Å²) in [5.41, 5.74) is -0.338. The predicted molar refractivity (Wildman–Crippen MR) is 124 cm³/mol. The molecule has 0 aromatic carbocycles. The Labute approximate surface area is 181 Å². The van der Waals surface area contributed by atoms with Gasteiger partial charge in [0.15, 0.2) is 0 Å². The Morgan fingerprint density at radius 3 is 2.17 bits per heavy atom. The topological polar surface area (TPSA) is 47.6 Å². The molecule has 0 spiro atoms. The van der Waals surface area contributed by atoms with E-state index in [1.165, 1.54) is 0 Å². The summed E-state index contributed by atoms with van der Waals surface area (Å²) < 4.78 is 11.9. The average Bonchev–Trinajstić information content (AvgIpc) is 2.52. The van der Waals surface area contributed by atoms with Gasteiger partial charge in [0, 0.05) is 25.2 Å². The summed E-state index contributed by atoms with van der Waals surface area (Å²) in [4.78, 5) is 12.7. The Kier molecular flexibility index (Phi) is 12.7. The normalized spacial score (nSPS) is 14.3. The number of hydrogen-bond acceptors (Lipinski definition) is 3. The van der Waals surface area contributed by atoms with Gasteiger partial charge in [-0.1, -0.05) is 54.9 Å². The van der Waals surface area contributed by atoms with E-state index in [0.717, 1.165) is 45.1 Å². The molecule has 1 N–H and O–H groups in total. The smallest absolute Gasteiger partial charge is 0.225 e. The van der Waals surface area contributed by atoms with Gasteiger partial charge in [-0.3, -0.25) is 4.79 Å². The molecule has 1 atom stereocenters. The molecule has 0 aliphatic heterocycles. The van der Waals surface area contributed by atoms with Crippen LogP contribution in [0.1, 0.15) is 108 Å². The van der Waals surface area contributed by atoms with E-state index >= 15 is 0 Å². The summed E-state index contributed by atoms with van der Waals surface area (Å²) in [6, 6.07) is 0. The number of rotatable bonds is 16. The van der Waals surface area contributed by atoms with E-state index in [-0.39, 0.29) is 28.4 Å². The fourth-order valence-electron chi connectivity index (χ4n) is 4.24. The van der Waals surface area contributed by atoms with Crippen molar-refractivity contribution in [3.63, 3.8) is 0 Å². The Balaban J connectivity index is 4.19. The van der Waals surface area contributed by atoms with Crippen LogP contribution in [-0.4, -0.2) is 37.4 Å². The molecule has 0 aromatic rings. The minimum atomic E-state index is -0.359. The quantitative estimate of drug-likeness (QED) is 0.299. The first-order valence-corrected chi connectivity index (χ1v) is 11.7. The molecule has 4 nitrogen and oxygen atoms in total. The zero-order chi connectivity index (χ0) is 22.7. The zero-order valence-corrected chi connectivity index (χ0v) is 21.2. The maximum Gasteiger partial charge on any atom is 0.225 e. The lowest BCUT2D eigenvalue weighted by Gasteiger charge is -2.35. The molecule has 0 saturated carbocycles. The molecular weight excluding hydrogens is 362 g/mol. The van der Waals surface area contributed by atoms with Crippen LogP contribution in [0.2, 0.25) is 0 Å². The molecule has 1 unspecified atom stereocenters. The van der Waals surface area contributed by atoms with Gasteiger partial charge >= 0.3 is 0 Å². The molecule has 0 rings (SSSR count). The van der Waals surface area contributed by atoms with Crippen LogP contribution in [0.5, 0.6) is 0 Å². The Morgan fingerprint density at radius 2 is 1.62 bits per heavy atom. The van der Waals surface area contributed by atoms with Crippen molar-refractivity contribution in [1.29, 1.82) is 0 Å². The second-order valence-electron chi connectivity index (χ2n) is 11.3. The van der Waals surface area contributed by atoms with Crippen LogP contribution in [0, 0.1) is 16.7 Å². The van der Waals surface area contributed by atoms with E-state index in [0.29, 0.717) is 19.1 Å². The van der Waals surface area contributed by atoms with Crippen molar-refractivity contribution < 1.29 is 14.3 Å². The Bertz CT molecular complexity index is 455. The summed E-state index contributed by atoms with van der Waals surface area (Å²) in [5.74, 6) is 0.788. The standard InChI is InChI=1S/C25H51NO3/c1-11-12-16-29-25(9,10)14-17-28-21(4)13-15-26-22(27)24(7,8)19-23(5,6)18-20(2)3/h20-21H,11-19H2,1-10H3,(H,26,27). The second-order valence-corrected chi connectivity index (χ2v) is 11.3. The third kappa shape index (κ3) is 14.1. The van der Waals surface area contributed by atoms with Gasteiger partial charge in [-0.15, -0.1) is 0 Å². The van der Waals surface area contributed by atoms with Crippen molar-refractivity contribution in [2.24, 2.45) is 16.7 Å². The molecule has 0 heterocycles. The monoisotopic (exact) mass is 413 g/mol. The number of unbranched alkanes of at least 4 members (excludes halogenated alkanes) is 1. The van der Waals surface area contributed by atoms with Gasteiger partial charge in [-0.05, 0) is 64.2 Å². The van der Waals surface area contributed by atoms with Crippen molar-refractivity contribution in [2.45, 2.75) is 119 Å². The lowest BCUT2D eigenvalue weighted by Crippen LogP contribution is -2.41. The lowest BCUT2D eigenvalue weighted by atomic mass is 9.71. The molecule has 0 aliphatic rings. The van der Waals surface area contributed by atoms with Gasteiger partial charge in [0.1, 0.15) is 0 Å². The number of carbonyl (C=O) groups excluding carboxylic acids is 1. The highest BCUT2D eigenvalue weighted by Gasteiger charge is 2.34. The highest BCUT2D eigenvalue weighted by molar-refractivity contribution is 5.81. The number of carbonyl (C=O) groups is 1. The molecule has 0 aliphatic carbocycles. The first-order valence-electron chi connectivity index (χ1n) is 11.7. The summed E-state index contributed by atoms with van der Waals surface area (Å²) in [6.07, 6.45) is 6.12. The predicted octanol–water partition coefficient (Wildman–Crippen LogP) is 6.37. The van der Waals surface area contributed by atoms with E-state index in [1.807, 2.05) is 0 Å². The van der Waals surface area contributed by atoms with Crippen LogP contribution in [-0.2, 0) is 14.3 Å². The van der Waals surface area contributed by atoms with Crippen LogP contribution >= 0.6 is 0 Å². The maximum absolute atomic E-state index is 12.7. The van der Waals surface area contributed by atoms with Crippen LogP contribution in [0.15, 0.2) is 0 Å². The zero-order valence-electron chi connectivity index (χ0n) is 21.2. The molecule has 0 bridgehead atoms. The van der Waals surface area contributed by atoms with Crippen molar-refractivity contribution in [1.82, 2.24) is 5.32 Å². The van der Waals surface area contributed by atoms with Crippen molar-refractivity contribution in [2.75, 3.05) is 19.8 Å². The van der Waals surface area contributed by atoms with Gasteiger partial charge in [-0.25, -0.2) is 0 Å². The van der Waals surface area contributed by atoms with Gasteiger partial charge in [-0.2, -0.15) is 0 Å². The van der Waals surface area contributed by atoms with E-state index in [4.69, 9.17) is 9.47 Å². The van der Waals surface area contributed by atoms with E-state index < -0.39 is 0 Å². The molecule has 1 amide bonds. The summed E-state index contributed by atoms with van der Waals surface area (Å²) in [5, 5.41) is 3.13. The summed E-state index contributed by atoms with van der Waals surface area (Å²) in [7, 11) is 0. The highest BCUT2D eigenvalue weighted by atomic mass is 16.5. The number of amides is 1. The van der Waals surface area contributed by atoms with Gasteiger partial charge < -0.3 is 14.8 Å². The molecule has 0 saturated heterocycles. The molecule has 4 heteroatoms. The number of ether oxygens (including phenoxy) is 2. The first-order chi connectivity index (χ1) is 13.2. The number of nitrogens with one attached hydrogen (secondary N) is 1. The van der Waals surface area contributed by atoms with Crippen LogP contribution in [0.3, 0.4) is 0 Å². The molecular formula is C25H51NO3. The second kappa shape index (κ2) is 12.9. The molecule has 29 heavy (non-hydrogen) atoms. The Hall–Kier alpha value is -0.610. The lowest BCUT2D eigenvalue weighted by molar-refractivity contribution is -0.131. The van der Waals surface area contributed by atoms with Gasteiger partial charge in [0.05, 0.1) is 11.7 Å². The van der Waals surface area contributed by atoms with E-state index in [2.05, 4.69) is 74.6 Å². The van der Waals surface area contributed by atoms with E-state index in [9.17, 15) is 4.79 Å². The third-order valence-corrected chi connectivity index (χ3v) is 5.43. The van der Waals surface area contributed by atoms with Gasteiger partial charge in [0.25, 0.3) is 0 Å². The maximum atomic E-state index is 12.7. The molecule has 0 aromatic heterocycles. The third-order valence-electron chi connectivity index (χ3n) is 5.43. The van der Waals surface area contributed by atoms with Crippen LogP contribution in [0.4, 0.5) is 0 Å².